The van der Waals surface area contributed by atoms with Gasteiger partial charge in [-0.2, -0.15) is 5.10 Å². The zero-order chi connectivity index (χ0) is 9.97. The van der Waals surface area contributed by atoms with E-state index in [1.165, 1.54) is 4.68 Å². The summed E-state index contributed by atoms with van der Waals surface area (Å²) in [6.07, 6.45) is 3.25. The molecular formula is C10H9N3O. The van der Waals surface area contributed by atoms with Crippen molar-refractivity contribution in [3.63, 3.8) is 0 Å². The molecule has 70 valence electrons. The third-order valence-electron chi connectivity index (χ3n) is 1.95. The molecule has 14 heavy (non-hydrogen) atoms. The molecule has 0 aromatic carbocycles. The number of aryl methyl sites for hydroxylation is 1. The molecule has 0 aliphatic rings. The van der Waals surface area contributed by atoms with E-state index in [1.807, 2.05) is 12.1 Å². The maximum atomic E-state index is 11.6. The van der Waals surface area contributed by atoms with E-state index in [-0.39, 0.29) is 5.56 Å². The SMILES string of the molecule is Cn1nccc(-c2ccccn2)c1=O. The summed E-state index contributed by atoms with van der Waals surface area (Å²) < 4.78 is 1.30. The lowest BCUT2D eigenvalue weighted by atomic mass is 10.2. The van der Waals surface area contributed by atoms with Crippen molar-refractivity contribution in [2.24, 2.45) is 7.05 Å². The molecule has 0 amide bonds. The first-order valence-corrected chi connectivity index (χ1v) is 4.23. The molecule has 0 saturated heterocycles. The summed E-state index contributed by atoms with van der Waals surface area (Å²) in [4.78, 5) is 15.7. The Labute approximate surface area is 80.9 Å². The number of hydrogen-bond donors (Lipinski definition) is 0. The van der Waals surface area contributed by atoms with Crippen LogP contribution in [0.4, 0.5) is 0 Å². The van der Waals surface area contributed by atoms with E-state index >= 15 is 0 Å². The van der Waals surface area contributed by atoms with Gasteiger partial charge in [0.2, 0.25) is 0 Å². The molecule has 0 fully saturated rings. The van der Waals surface area contributed by atoms with E-state index < -0.39 is 0 Å². The van der Waals surface area contributed by atoms with Crippen LogP contribution in [0.2, 0.25) is 0 Å². The molecule has 0 spiro atoms. The monoisotopic (exact) mass is 187 g/mol. The van der Waals surface area contributed by atoms with Gasteiger partial charge in [0.1, 0.15) is 0 Å². The van der Waals surface area contributed by atoms with Crippen LogP contribution in [-0.2, 0) is 7.05 Å². The average molecular weight is 187 g/mol. The van der Waals surface area contributed by atoms with Crippen LogP contribution >= 0.6 is 0 Å². The van der Waals surface area contributed by atoms with Gasteiger partial charge in [0, 0.05) is 19.4 Å². The maximum absolute atomic E-state index is 11.6. The fourth-order valence-corrected chi connectivity index (χ4v) is 1.22. The maximum Gasteiger partial charge on any atom is 0.275 e. The van der Waals surface area contributed by atoms with Gasteiger partial charge in [0.15, 0.2) is 0 Å². The molecule has 0 aliphatic carbocycles. The minimum atomic E-state index is -0.133. The van der Waals surface area contributed by atoms with E-state index in [1.54, 1.807) is 31.6 Å². The molecular weight excluding hydrogens is 178 g/mol. The number of nitrogens with zero attached hydrogens (tertiary/aromatic N) is 3. The van der Waals surface area contributed by atoms with Crippen molar-refractivity contribution in [2.45, 2.75) is 0 Å². The Hall–Kier alpha value is -1.97. The van der Waals surface area contributed by atoms with Crippen molar-refractivity contribution < 1.29 is 0 Å². The summed E-state index contributed by atoms with van der Waals surface area (Å²) in [6, 6.07) is 7.14. The number of pyridine rings is 1. The Balaban J connectivity index is 2.64. The Kier molecular flexibility index (Phi) is 2.10. The van der Waals surface area contributed by atoms with Crippen LogP contribution in [0.15, 0.2) is 41.5 Å². The van der Waals surface area contributed by atoms with Crippen LogP contribution < -0.4 is 5.56 Å². The quantitative estimate of drug-likeness (QED) is 0.664. The fourth-order valence-electron chi connectivity index (χ4n) is 1.22. The lowest BCUT2D eigenvalue weighted by molar-refractivity contribution is 0.709. The first kappa shape index (κ1) is 8.62. The third-order valence-corrected chi connectivity index (χ3v) is 1.95. The molecule has 0 unspecified atom stereocenters. The van der Waals surface area contributed by atoms with Gasteiger partial charge in [-0.3, -0.25) is 9.78 Å². The van der Waals surface area contributed by atoms with E-state index in [4.69, 9.17) is 0 Å². The zero-order valence-corrected chi connectivity index (χ0v) is 7.71. The van der Waals surface area contributed by atoms with Crippen molar-refractivity contribution >= 4 is 0 Å². The summed E-state index contributed by atoms with van der Waals surface area (Å²) in [5, 5.41) is 3.84. The summed E-state index contributed by atoms with van der Waals surface area (Å²) >= 11 is 0. The van der Waals surface area contributed by atoms with Gasteiger partial charge >= 0.3 is 0 Å². The number of rotatable bonds is 1. The van der Waals surface area contributed by atoms with Gasteiger partial charge in [0.25, 0.3) is 5.56 Å². The highest BCUT2D eigenvalue weighted by molar-refractivity contribution is 5.56. The van der Waals surface area contributed by atoms with Crippen LogP contribution in [0, 0.1) is 0 Å². The molecule has 2 heterocycles. The second-order valence-electron chi connectivity index (χ2n) is 2.89. The predicted molar refractivity (Wildman–Crippen MR) is 52.7 cm³/mol. The van der Waals surface area contributed by atoms with E-state index in [0.29, 0.717) is 11.3 Å². The Bertz CT molecular complexity index is 490. The molecule has 0 aliphatic heterocycles. The Morgan fingerprint density at radius 3 is 2.79 bits per heavy atom. The molecule has 0 radical (unpaired) electrons. The van der Waals surface area contributed by atoms with Crippen LogP contribution in [0.25, 0.3) is 11.3 Å². The topological polar surface area (TPSA) is 47.8 Å². The highest BCUT2D eigenvalue weighted by atomic mass is 16.1. The average Bonchev–Trinajstić information content (AvgIpc) is 2.23. The molecule has 2 aromatic heterocycles. The zero-order valence-electron chi connectivity index (χ0n) is 7.71. The summed E-state index contributed by atoms with van der Waals surface area (Å²) in [6.45, 7) is 0. The third kappa shape index (κ3) is 1.42. The minimum absolute atomic E-state index is 0.133. The smallest absolute Gasteiger partial charge is 0.267 e. The highest BCUT2D eigenvalue weighted by Gasteiger charge is 2.04. The van der Waals surface area contributed by atoms with Crippen LogP contribution in [0.3, 0.4) is 0 Å². The van der Waals surface area contributed by atoms with Gasteiger partial charge in [-0.25, -0.2) is 4.68 Å². The normalized spacial score (nSPS) is 10.1. The summed E-state index contributed by atoms with van der Waals surface area (Å²) in [5.41, 5.74) is 1.12. The molecule has 0 saturated carbocycles. The van der Waals surface area contributed by atoms with Gasteiger partial charge in [0.05, 0.1) is 11.3 Å². The first-order valence-electron chi connectivity index (χ1n) is 4.23. The largest absolute Gasteiger partial charge is 0.275 e. The second kappa shape index (κ2) is 3.41. The van der Waals surface area contributed by atoms with Crippen molar-refractivity contribution in [3.8, 4) is 11.3 Å². The standard InChI is InChI=1S/C10H9N3O/c1-13-10(14)8(5-7-12-13)9-4-2-3-6-11-9/h2-7H,1H3. The lowest BCUT2D eigenvalue weighted by Gasteiger charge is -2.00. The van der Waals surface area contributed by atoms with Crippen molar-refractivity contribution in [3.05, 3.63) is 47.0 Å². The highest BCUT2D eigenvalue weighted by Crippen LogP contribution is 2.09. The molecule has 4 heteroatoms. The van der Waals surface area contributed by atoms with E-state index in [2.05, 4.69) is 10.1 Å². The van der Waals surface area contributed by atoms with Crippen molar-refractivity contribution in [1.29, 1.82) is 0 Å². The Morgan fingerprint density at radius 1 is 1.21 bits per heavy atom. The van der Waals surface area contributed by atoms with Crippen LogP contribution in [-0.4, -0.2) is 14.8 Å². The van der Waals surface area contributed by atoms with Crippen molar-refractivity contribution in [2.75, 3.05) is 0 Å². The van der Waals surface area contributed by atoms with Crippen LogP contribution in [0.1, 0.15) is 0 Å². The van der Waals surface area contributed by atoms with Gasteiger partial charge in [-0.15, -0.1) is 0 Å². The molecule has 2 rings (SSSR count). The fraction of sp³-hybridized carbons (Fsp3) is 0.100. The second-order valence-corrected chi connectivity index (χ2v) is 2.89. The van der Waals surface area contributed by atoms with Crippen LogP contribution in [0.5, 0.6) is 0 Å². The number of hydrogen-bond acceptors (Lipinski definition) is 3. The van der Waals surface area contributed by atoms with Gasteiger partial charge in [-0.1, -0.05) is 6.07 Å². The minimum Gasteiger partial charge on any atom is -0.267 e. The Morgan fingerprint density at radius 2 is 2.07 bits per heavy atom. The van der Waals surface area contributed by atoms with E-state index in [9.17, 15) is 4.79 Å². The summed E-state index contributed by atoms with van der Waals surface area (Å²) in [7, 11) is 1.62. The summed E-state index contributed by atoms with van der Waals surface area (Å²) in [5.74, 6) is 0. The molecule has 0 atom stereocenters. The molecule has 2 aromatic rings. The first-order chi connectivity index (χ1) is 6.79. The van der Waals surface area contributed by atoms with Gasteiger partial charge in [-0.05, 0) is 18.2 Å². The van der Waals surface area contributed by atoms with Gasteiger partial charge < -0.3 is 0 Å². The predicted octanol–water partition coefficient (Wildman–Crippen LogP) is 0.842. The molecule has 0 bridgehead atoms. The molecule has 4 nitrogen and oxygen atoms in total. The number of aromatic nitrogens is 3. The lowest BCUT2D eigenvalue weighted by Crippen LogP contribution is -2.20. The van der Waals surface area contributed by atoms with Crippen molar-refractivity contribution in [1.82, 2.24) is 14.8 Å². The van der Waals surface area contributed by atoms with E-state index in [0.717, 1.165) is 0 Å². The molecule has 0 N–H and O–H groups in total.